The van der Waals surface area contributed by atoms with Crippen molar-refractivity contribution in [2.24, 2.45) is 7.05 Å². The number of para-hydroxylation sites is 1. The monoisotopic (exact) mass is 390 g/mol. The molecule has 3 heterocycles. The molecule has 3 aromatic heterocycles. The third-order valence-electron chi connectivity index (χ3n) is 3.91. The first kappa shape index (κ1) is 17.4. The first-order valence-corrected chi connectivity index (χ1v) is 8.65. The van der Waals surface area contributed by atoms with E-state index in [0.717, 1.165) is 33.7 Å². The molecule has 27 heavy (non-hydrogen) atoms. The molecule has 0 saturated heterocycles. The van der Waals surface area contributed by atoms with Crippen molar-refractivity contribution < 1.29 is 13.2 Å². The Balaban J connectivity index is 1.50. The SMILES string of the molecule is Cn1ncc2cccc(NSc3cnn(-c4ccc(C(F)(F)F)cn4)c3)c21. The van der Waals surface area contributed by atoms with E-state index in [4.69, 9.17) is 0 Å². The van der Waals surface area contributed by atoms with Crippen LogP contribution in [0.3, 0.4) is 0 Å². The van der Waals surface area contributed by atoms with E-state index >= 15 is 0 Å². The van der Waals surface area contributed by atoms with Gasteiger partial charge < -0.3 is 4.72 Å². The zero-order valence-corrected chi connectivity index (χ0v) is 14.8. The van der Waals surface area contributed by atoms with E-state index in [1.165, 1.54) is 22.7 Å². The van der Waals surface area contributed by atoms with Gasteiger partial charge in [-0.25, -0.2) is 9.67 Å². The summed E-state index contributed by atoms with van der Waals surface area (Å²) >= 11 is 1.34. The Hall–Kier alpha value is -3.01. The van der Waals surface area contributed by atoms with Gasteiger partial charge in [-0.2, -0.15) is 23.4 Å². The van der Waals surface area contributed by atoms with Crippen LogP contribution in [-0.4, -0.2) is 24.5 Å². The summed E-state index contributed by atoms with van der Waals surface area (Å²) in [4.78, 5) is 4.62. The summed E-state index contributed by atoms with van der Waals surface area (Å²) in [6.07, 6.45) is 1.48. The number of alkyl halides is 3. The fourth-order valence-corrected chi connectivity index (χ4v) is 3.25. The number of benzene rings is 1. The van der Waals surface area contributed by atoms with Crippen LogP contribution >= 0.6 is 11.9 Å². The van der Waals surface area contributed by atoms with Crippen molar-refractivity contribution in [3.8, 4) is 5.82 Å². The summed E-state index contributed by atoms with van der Waals surface area (Å²) in [7, 11) is 1.87. The average Bonchev–Trinajstić information content (AvgIpc) is 3.27. The largest absolute Gasteiger partial charge is 0.417 e. The second-order valence-corrected chi connectivity index (χ2v) is 6.62. The zero-order chi connectivity index (χ0) is 19.0. The fraction of sp³-hybridized carbons (Fsp3) is 0.118. The molecule has 0 aliphatic heterocycles. The maximum Gasteiger partial charge on any atom is 0.417 e. The van der Waals surface area contributed by atoms with Crippen LogP contribution in [0.25, 0.3) is 16.7 Å². The van der Waals surface area contributed by atoms with Crippen molar-refractivity contribution in [2.75, 3.05) is 4.72 Å². The molecular formula is C17H13F3N6S. The van der Waals surface area contributed by atoms with E-state index in [2.05, 4.69) is 19.9 Å². The third-order valence-corrected chi connectivity index (χ3v) is 4.68. The summed E-state index contributed by atoms with van der Waals surface area (Å²) in [6.45, 7) is 0. The smallest absolute Gasteiger partial charge is 0.324 e. The molecule has 0 unspecified atom stereocenters. The number of anilines is 1. The normalized spacial score (nSPS) is 11.9. The molecule has 0 spiro atoms. The van der Waals surface area contributed by atoms with E-state index in [1.807, 2.05) is 25.2 Å². The lowest BCUT2D eigenvalue weighted by Gasteiger charge is -2.07. The van der Waals surface area contributed by atoms with Gasteiger partial charge in [0.1, 0.15) is 0 Å². The molecule has 0 aliphatic rings. The number of fused-ring (bicyclic) bond motifs is 1. The average molecular weight is 390 g/mol. The number of rotatable bonds is 4. The molecule has 4 aromatic rings. The molecule has 1 N–H and O–H groups in total. The van der Waals surface area contributed by atoms with Crippen LogP contribution in [0.15, 0.2) is 60.0 Å². The van der Waals surface area contributed by atoms with Gasteiger partial charge in [0.2, 0.25) is 0 Å². The maximum absolute atomic E-state index is 12.6. The molecule has 0 radical (unpaired) electrons. The summed E-state index contributed by atoms with van der Waals surface area (Å²) in [5.41, 5.74) is 1.08. The second kappa shape index (κ2) is 6.62. The Labute approximate surface area is 156 Å². The van der Waals surface area contributed by atoms with E-state index < -0.39 is 11.7 Å². The van der Waals surface area contributed by atoms with Gasteiger partial charge in [-0.1, -0.05) is 12.1 Å². The van der Waals surface area contributed by atoms with Gasteiger partial charge in [-0.3, -0.25) is 4.68 Å². The second-order valence-electron chi connectivity index (χ2n) is 5.74. The number of hydrogen-bond acceptors (Lipinski definition) is 5. The fourth-order valence-electron chi connectivity index (χ4n) is 2.60. The molecule has 0 amide bonds. The number of pyridine rings is 1. The molecule has 0 saturated carbocycles. The summed E-state index contributed by atoms with van der Waals surface area (Å²) in [6, 6.07) is 8.13. The topological polar surface area (TPSA) is 60.6 Å². The van der Waals surface area contributed by atoms with Crippen LogP contribution in [-0.2, 0) is 13.2 Å². The minimum absolute atomic E-state index is 0.309. The van der Waals surface area contributed by atoms with Crippen molar-refractivity contribution in [1.29, 1.82) is 0 Å². The molecule has 138 valence electrons. The van der Waals surface area contributed by atoms with E-state index in [-0.39, 0.29) is 0 Å². The Morgan fingerprint density at radius 1 is 1.04 bits per heavy atom. The third kappa shape index (κ3) is 3.47. The predicted octanol–water partition coefficient (Wildman–Crippen LogP) is 4.29. The Bertz CT molecular complexity index is 1080. The minimum Gasteiger partial charge on any atom is -0.324 e. The molecule has 1 aromatic carbocycles. The molecule has 4 rings (SSSR count). The van der Waals surface area contributed by atoms with Crippen LogP contribution in [0.4, 0.5) is 18.9 Å². The van der Waals surface area contributed by atoms with Gasteiger partial charge in [-0.15, -0.1) is 0 Å². The highest BCUT2D eigenvalue weighted by Gasteiger charge is 2.30. The van der Waals surface area contributed by atoms with E-state index in [9.17, 15) is 13.2 Å². The van der Waals surface area contributed by atoms with Crippen LogP contribution in [0.2, 0.25) is 0 Å². The van der Waals surface area contributed by atoms with Gasteiger partial charge >= 0.3 is 6.18 Å². The molecule has 6 nitrogen and oxygen atoms in total. The van der Waals surface area contributed by atoms with Gasteiger partial charge in [0.15, 0.2) is 5.82 Å². The number of aromatic nitrogens is 5. The highest BCUT2D eigenvalue weighted by atomic mass is 32.2. The number of hydrogen-bond donors (Lipinski definition) is 1. The number of halogens is 3. The van der Waals surface area contributed by atoms with Gasteiger partial charge in [0.05, 0.1) is 34.1 Å². The highest BCUT2D eigenvalue weighted by Crippen LogP contribution is 2.30. The van der Waals surface area contributed by atoms with Crippen LogP contribution in [0.5, 0.6) is 0 Å². The summed E-state index contributed by atoms with van der Waals surface area (Å²) in [5, 5.41) is 9.42. The Morgan fingerprint density at radius 3 is 2.63 bits per heavy atom. The molecule has 0 aliphatic carbocycles. The van der Waals surface area contributed by atoms with Crippen LogP contribution in [0.1, 0.15) is 5.56 Å². The van der Waals surface area contributed by atoms with Crippen molar-refractivity contribution in [2.45, 2.75) is 11.1 Å². The van der Waals surface area contributed by atoms with E-state index in [1.54, 1.807) is 23.3 Å². The van der Waals surface area contributed by atoms with Gasteiger partial charge in [0.25, 0.3) is 0 Å². The molecule has 10 heteroatoms. The minimum atomic E-state index is -4.41. The maximum atomic E-state index is 12.6. The Morgan fingerprint density at radius 2 is 1.89 bits per heavy atom. The van der Waals surface area contributed by atoms with E-state index in [0.29, 0.717) is 5.82 Å². The summed E-state index contributed by atoms with van der Waals surface area (Å²) < 4.78 is 44.3. The Kier molecular flexibility index (Phi) is 4.27. The number of nitrogens with zero attached hydrogens (tertiary/aromatic N) is 5. The first-order chi connectivity index (χ1) is 12.9. The lowest BCUT2D eigenvalue weighted by Crippen LogP contribution is -2.06. The molecule has 0 atom stereocenters. The zero-order valence-electron chi connectivity index (χ0n) is 14.0. The first-order valence-electron chi connectivity index (χ1n) is 7.84. The number of nitrogens with one attached hydrogen (secondary N) is 1. The molecule has 0 fully saturated rings. The summed E-state index contributed by atoms with van der Waals surface area (Å²) in [5.74, 6) is 0.309. The standard InChI is InChI=1S/C17H13F3N6S/c1-25-16-11(7-22-25)3-2-4-14(16)24-27-13-9-23-26(10-13)15-6-5-12(8-21-15)17(18,19)20/h2-10,24H,1H3. The van der Waals surface area contributed by atoms with Crippen LogP contribution < -0.4 is 4.72 Å². The van der Waals surface area contributed by atoms with Gasteiger partial charge in [-0.05, 0) is 30.1 Å². The van der Waals surface area contributed by atoms with Gasteiger partial charge in [0, 0.05) is 24.8 Å². The molecule has 0 bridgehead atoms. The van der Waals surface area contributed by atoms with Crippen molar-refractivity contribution in [3.05, 3.63) is 60.7 Å². The number of aryl methyl sites for hydroxylation is 1. The van der Waals surface area contributed by atoms with Crippen molar-refractivity contribution in [3.63, 3.8) is 0 Å². The quantitative estimate of drug-likeness (QED) is 0.527. The molecular weight excluding hydrogens is 377 g/mol. The lowest BCUT2D eigenvalue weighted by atomic mass is 10.2. The van der Waals surface area contributed by atoms with Crippen LogP contribution in [0, 0.1) is 0 Å². The predicted molar refractivity (Wildman–Crippen MR) is 96.6 cm³/mol. The highest BCUT2D eigenvalue weighted by molar-refractivity contribution is 8.00. The van der Waals surface area contributed by atoms with Crippen molar-refractivity contribution >= 4 is 28.5 Å². The van der Waals surface area contributed by atoms with Crippen molar-refractivity contribution in [1.82, 2.24) is 24.5 Å². The lowest BCUT2D eigenvalue weighted by molar-refractivity contribution is -0.137.